The molecule has 2 N–H and O–H groups in total. The third-order valence-electron chi connectivity index (χ3n) is 3.90. The molecule has 0 heterocycles. The molecule has 1 amide bonds. The summed E-state index contributed by atoms with van der Waals surface area (Å²) >= 11 is 5.16. The number of carbonyl (C=O) groups excluding carboxylic acids is 1. The first-order chi connectivity index (χ1) is 9.01. The van der Waals surface area contributed by atoms with Gasteiger partial charge in [-0.3, -0.25) is 4.79 Å². The van der Waals surface area contributed by atoms with Gasteiger partial charge in [-0.2, -0.15) is 0 Å². The van der Waals surface area contributed by atoms with Gasteiger partial charge >= 0.3 is 0 Å². The number of carbonyl (C=O) groups is 1. The first-order valence-corrected chi connectivity index (χ1v) is 7.09. The molecule has 2 rings (SSSR count). The van der Waals surface area contributed by atoms with Crippen LogP contribution in [-0.2, 0) is 4.79 Å². The molecule has 1 aromatic rings. The van der Waals surface area contributed by atoms with Gasteiger partial charge in [0.25, 0.3) is 0 Å². The third kappa shape index (κ3) is 2.37. The van der Waals surface area contributed by atoms with Crippen molar-refractivity contribution in [3.63, 3.8) is 0 Å². The van der Waals surface area contributed by atoms with Crippen LogP contribution in [-0.4, -0.2) is 17.4 Å². The van der Waals surface area contributed by atoms with Gasteiger partial charge in [0.2, 0.25) is 5.91 Å². The summed E-state index contributed by atoms with van der Waals surface area (Å²) in [5.41, 5.74) is 6.13. The molecule has 3 nitrogen and oxygen atoms in total. The molecule has 1 aliphatic rings. The first-order valence-electron chi connectivity index (χ1n) is 6.68. The van der Waals surface area contributed by atoms with E-state index in [0.717, 1.165) is 18.5 Å². The van der Waals surface area contributed by atoms with E-state index in [0.29, 0.717) is 17.5 Å². The molecular formula is C15H20N2OS. The maximum Gasteiger partial charge on any atom is 0.240 e. The van der Waals surface area contributed by atoms with Crippen LogP contribution in [0.1, 0.15) is 26.7 Å². The SMILES string of the molecule is CCN(C(=O)C1(C(N)=S)CC(C)C1)c1ccccc1. The number of hydrogen-bond acceptors (Lipinski definition) is 2. The van der Waals surface area contributed by atoms with Crippen molar-refractivity contribution < 1.29 is 4.79 Å². The summed E-state index contributed by atoms with van der Waals surface area (Å²) in [5.74, 6) is 0.562. The number of rotatable bonds is 4. The van der Waals surface area contributed by atoms with Gasteiger partial charge < -0.3 is 10.6 Å². The van der Waals surface area contributed by atoms with Gasteiger partial charge in [-0.25, -0.2) is 0 Å². The third-order valence-corrected chi connectivity index (χ3v) is 4.29. The van der Waals surface area contributed by atoms with Crippen molar-refractivity contribution >= 4 is 28.8 Å². The van der Waals surface area contributed by atoms with Crippen LogP contribution in [0, 0.1) is 11.3 Å². The van der Waals surface area contributed by atoms with E-state index in [-0.39, 0.29) is 5.91 Å². The van der Waals surface area contributed by atoms with Crippen LogP contribution < -0.4 is 10.6 Å². The average Bonchev–Trinajstić information content (AvgIpc) is 2.36. The number of hydrogen-bond donors (Lipinski definition) is 1. The van der Waals surface area contributed by atoms with Crippen LogP contribution in [0.2, 0.25) is 0 Å². The van der Waals surface area contributed by atoms with Crippen molar-refractivity contribution in [2.75, 3.05) is 11.4 Å². The molecule has 4 heteroatoms. The highest BCUT2D eigenvalue weighted by Crippen LogP contribution is 2.47. The first kappa shape index (κ1) is 14.0. The number of nitrogens with two attached hydrogens (primary N) is 1. The summed E-state index contributed by atoms with van der Waals surface area (Å²) in [6.07, 6.45) is 1.54. The molecule has 1 aliphatic carbocycles. The number of nitrogens with zero attached hydrogens (tertiary/aromatic N) is 1. The highest BCUT2D eigenvalue weighted by Gasteiger charge is 2.52. The highest BCUT2D eigenvalue weighted by molar-refractivity contribution is 7.80. The zero-order valence-corrected chi connectivity index (χ0v) is 12.2. The lowest BCUT2D eigenvalue weighted by Crippen LogP contribution is -2.57. The Hall–Kier alpha value is -1.42. The van der Waals surface area contributed by atoms with E-state index in [1.54, 1.807) is 4.90 Å². The molecule has 0 aliphatic heterocycles. The Morgan fingerprint density at radius 2 is 2.00 bits per heavy atom. The molecule has 0 spiro atoms. The summed E-state index contributed by atoms with van der Waals surface area (Å²) in [5, 5.41) is 0. The van der Waals surface area contributed by atoms with Crippen LogP contribution in [0.4, 0.5) is 5.69 Å². The smallest absolute Gasteiger partial charge is 0.240 e. The number of thiocarbonyl (C=S) groups is 1. The van der Waals surface area contributed by atoms with Crippen LogP contribution in [0.3, 0.4) is 0 Å². The van der Waals surface area contributed by atoms with Gasteiger partial charge in [0.05, 0.1) is 10.4 Å². The van der Waals surface area contributed by atoms with Gasteiger partial charge in [-0.05, 0) is 37.8 Å². The van der Waals surface area contributed by atoms with Crippen molar-refractivity contribution in [1.29, 1.82) is 0 Å². The fourth-order valence-electron chi connectivity index (χ4n) is 2.92. The van der Waals surface area contributed by atoms with E-state index in [4.69, 9.17) is 18.0 Å². The second-order valence-corrected chi connectivity index (χ2v) is 5.78. The van der Waals surface area contributed by atoms with E-state index in [9.17, 15) is 4.79 Å². The molecule has 1 fully saturated rings. The van der Waals surface area contributed by atoms with Gasteiger partial charge in [-0.15, -0.1) is 0 Å². The summed E-state index contributed by atoms with van der Waals surface area (Å²) < 4.78 is 0. The fraction of sp³-hybridized carbons (Fsp3) is 0.467. The lowest BCUT2D eigenvalue weighted by molar-refractivity contribution is -0.130. The lowest BCUT2D eigenvalue weighted by atomic mass is 9.61. The molecule has 0 unspecified atom stereocenters. The molecule has 102 valence electrons. The molecule has 1 aromatic carbocycles. The molecule has 0 aromatic heterocycles. The van der Waals surface area contributed by atoms with Gasteiger partial charge in [0, 0.05) is 12.2 Å². The second kappa shape index (κ2) is 5.29. The quantitative estimate of drug-likeness (QED) is 0.860. The van der Waals surface area contributed by atoms with Gasteiger partial charge in [0.1, 0.15) is 0 Å². The average molecular weight is 276 g/mol. The molecule has 0 radical (unpaired) electrons. The maximum absolute atomic E-state index is 12.8. The van der Waals surface area contributed by atoms with Crippen molar-refractivity contribution in [3.8, 4) is 0 Å². The summed E-state index contributed by atoms with van der Waals surface area (Å²) in [7, 11) is 0. The van der Waals surface area contributed by atoms with E-state index in [1.165, 1.54) is 0 Å². The number of benzene rings is 1. The Balaban J connectivity index is 2.29. The Bertz CT molecular complexity index is 480. The van der Waals surface area contributed by atoms with Gasteiger partial charge in [-0.1, -0.05) is 37.3 Å². The number of para-hydroxylation sites is 1. The molecule has 1 saturated carbocycles. The number of anilines is 1. The zero-order valence-electron chi connectivity index (χ0n) is 11.4. The molecule has 0 saturated heterocycles. The Morgan fingerprint density at radius 3 is 2.42 bits per heavy atom. The van der Waals surface area contributed by atoms with Crippen LogP contribution in [0.25, 0.3) is 0 Å². The minimum absolute atomic E-state index is 0.0480. The minimum Gasteiger partial charge on any atom is -0.392 e. The van der Waals surface area contributed by atoms with E-state index >= 15 is 0 Å². The molecule has 0 bridgehead atoms. The van der Waals surface area contributed by atoms with Crippen LogP contribution in [0.15, 0.2) is 30.3 Å². The van der Waals surface area contributed by atoms with Crippen LogP contribution in [0.5, 0.6) is 0 Å². The topological polar surface area (TPSA) is 46.3 Å². The standard InChI is InChI=1S/C15H20N2OS/c1-3-17(12-7-5-4-6-8-12)14(18)15(13(16)19)9-11(2)10-15/h4-8,11H,3,9-10H2,1-2H3,(H2,16,19). The summed E-state index contributed by atoms with van der Waals surface area (Å²) in [4.78, 5) is 14.9. The minimum atomic E-state index is -0.624. The Morgan fingerprint density at radius 1 is 1.42 bits per heavy atom. The van der Waals surface area contributed by atoms with Gasteiger partial charge in [0.15, 0.2) is 0 Å². The van der Waals surface area contributed by atoms with E-state index in [1.807, 2.05) is 37.3 Å². The monoisotopic (exact) mass is 276 g/mol. The second-order valence-electron chi connectivity index (χ2n) is 5.34. The highest BCUT2D eigenvalue weighted by atomic mass is 32.1. The predicted molar refractivity (Wildman–Crippen MR) is 82.1 cm³/mol. The maximum atomic E-state index is 12.8. The summed E-state index contributed by atoms with van der Waals surface area (Å²) in [6, 6.07) is 9.69. The van der Waals surface area contributed by atoms with Crippen molar-refractivity contribution in [2.24, 2.45) is 17.1 Å². The normalized spacial score (nSPS) is 25.5. The molecule has 0 atom stereocenters. The lowest BCUT2D eigenvalue weighted by Gasteiger charge is -2.46. The summed E-state index contributed by atoms with van der Waals surface area (Å²) in [6.45, 7) is 4.73. The van der Waals surface area contributed by atoms with E-state index in [2.05, 4.69) is 6.92 Å². The van der Waals surface area contributed by atoms with Crippen molar-refractivity contribution in [2.45, 2.75) is 26.7 Å². The Labute approximate surface area is 119 Å². The van der Waals surface area contributed by atoms with E-state index < -0.39 is 5.41 Å². The largest absolute Gasteiger partial charge is 0.392 e. The van der Waals surface area contributed by atoms with Crippen LogP contribution >= 0.6 is 12.2 Å². The van der Waals surface area contributed by atoms with Crippen molar-refractivity contribution in [1.82, 2.24) is 0 Å². The predicted octanol–water partition coefficient (Wildman–Crippen LogP) is 2.74. The molecular weight excluding hydrogens is 256 g/mol. The molecule has 19 heavy (non-hydrogen) atoms. The Kier molecular flexibility index (Phi) is 3.90. The zero-order chi connectivity index (χ0) is 14.0. The number of amides is 1. The fourth-order valence-corrected chi connectivity index (χ4v) is 3.17. The van der Waals surface area contributed by atoms with Crippen molar-refractivity contribution in [3.05, 3.63) is 30.3 Å².